The van der Waals surface area contributed by atoms with Gasteiger partial charge in [0.15, 0.2) is 0 Å². The zero-order valence-electron chi connectivity index (χ0n) is 13.7. The summed E-state index contributed by atoms with van der Waals surface area (Å²) < 4.78 is 0. The van der Waals surface area contributed by atoms with Gasteiger partial charge >= 0.3 is 0 Å². The van der Waals surface area contributed by atoms with E-state index in [4.69, 9.17) is 5.73 Å². The summed E-state index contributed by atoms with van der Waals surface area (Å²) in [6.07, 6.45) is 6.00. The maximum atomic E-state index is 12.1. The summed E-state index contributed by atoms with van der Waals surface area (Å²) in [5.74, 6) is 0.0559. The number of carbonyl (C=O) groups is 1. The number of hydrogen-bond acceptors (Lipinski definition) is 3. The first-order valence-electron chi connectivity index (χ1n) is 7.84. The molecule has 1 amide bonds. The van der Waals surface area contributed by atoms with E-state index < -0.39 is 5.54 Å². The lowest BCUT2D eigenvalue weighted by Crippen LogP contribution is -2.54. The fourth-order valence-corrected chi connectivity index (χ4v) is 2.83. The summed E-state index contributed by atoms with van der Waals surface area (Å²) in [6, 6.07) is 0.226. The average molecular weight is 342 g/mol. The van der Waals surface area contributed by atoms with Crippen LogP contribution in [0, 0.1) is 0 Å². The molecule has 6 heteroatoms. The smallest absolute Gasteiger partial charge is 0.240 e. The summed E-state index contributed by atoms with van der Waals surface area (Å²) in [5, 5.41) is 3.09. The third-order valence-corrected chi connectivity index (χ3v) is 4.33. The van der Waals surface area contributed by atoms with E-state index in [-0.39, 0.29) is 36.8 Å². The molecule has 1 fully saturated rings. The number of hydrogen-bond donors (Lipinski definition) is 2. The average Bonchev–Trinajstić information content (AvgIpc) is 2.83. The molecule has 0 aromatic heterocycles. The fraction of sp³-hybridized carbons (Fsp3) is 0.933. The third-order valence-electron chi connectivity index (χ3n) is 4.33. The van der Waals surface area contributed by atoms with E-state index in [1.54, 1.807) is 0 Å². The van der Waals surface area contributed by atoms with E-state index in [9.17, 15) is 4.79 Å². The summed E-state index contributed by atoms with van der Waals surface area (Å²) in [5.41, 5.74) is 5.56. The molecule has 0 saturated heterocycles. The number of rotatable bonds is 8. The quantitative estimate of drug-likeness (QED) is 0.713. The molecular weight excluding hydrogens is 309 g/mol. The van der Waals surface area contributed by atoms with E-state index in [1.807, 2.05) is 0 Å². The van der Waals surface area contributed by atoms with Crippen molar-refractivity contribution in [1.29, 1.82) is 0 Å². The van der Waals surface area contributed by atoms with Crippen molar-refractivity contribution in [3.63, 3.8) is 0 Å². The Morgan fingerprint density at radius 1 is 1.24 bits per heavy atom. The highest BCUT2D eigenvalue weighted by Crippen LogP contribution is 2.27. The molecule has 0 aromatic rings. The normalized spacial score (nSPS) is 17.8. The van der Waals surface area contributed by atoms with E-state index in [0.717, 1.165) is 58.2 Å². The Labute approximate surface area is 142 Å². The van der Waals surface area contributed by atoms with Crippen LogP contribution in [0.15, 0.2) is 0 Å². The zero-order valence-corrected chi connectivity index (χ0v) is 15.3. The van der Waals surface area contributed by atoms with Gasteiger partial charge in [0, 0.05) is 6.04 Å². The van der Waals surface area contributed by atoms with Gasteiger partial charge in [-0.1, -0.05) is 26.7 Å². The molecule has 0 aliphatic heterocycles. The standard InChI is InChI=1S/C15H31N3O.2ClH/c1-4-18(5-2)12-8-9-13(3)17-14(19)15(16)10-6-7-11-15;;/h13H,4-12,16H2,1-3H3,(H,17,19);2*1H. The second-order valence-electron chi connectivity index (χ2n) is 5.91. The topological polar surface area (TPSA) is 58.4 Å². The lowest BCUT2D eigenvalue weighted by atomic mass is 9.97. The molecule has 128 valence electrons. The Kier molecular flexibility index (Phi) is 12.8. The molecule has 1 aliphatic carbocycles. The van der Waals surface area contributed by atoms with Crippen molar-refractivity contribution in [3.8, 4) is 0 Å². The van der Waals surface area contributed by atoms with Crippen LogP contribution in [-0.2, 0) is 4.79 Å². The van der Waals surface area contributed by atoms with E-state index >= 15 is 0 Å². The molecule has 4 nitrogen and oxygen atoms in total. The van der Waals surface area contributed by atoms with Crippen molar-refractivity contribution in [2.24, 2.45) is 5.73 Å². The second kappa shape index (κ2) is 11.5. The molecule has 0 bridgehead atoms. The zero-order chi connectivity index (χ0) is 14.3. The molecule has 0 aromatic carbocycles. The van der Waals surface area contributed by atoms with Crippen LogP contribution in [0.4, 0.5) is 0 Å². The molecule has 1 atom stereocenters. The third kappa shape index (κ3) is 7.68. The minimum absolute atomic E-state index is 0. The molecule has 0 spiro atoms. The molecule has 3 N–H and O–H groups in total. The summed E-state index contributed by atoms with van der Waals surface area (Å²) in [4.78, 5) is 14.6. The summed E-state index contributed by atoms with van der Waals surface area (Å²) in [6.45, 7) is 9.77. The van der Waals surface area contributed by atoms with Crippen LogP contribution in [0.5, 0.6) is 0 Å². The van der Waals surface area contributed by atoms with Crippen LogP contribution in [-0.4, -0.2) is 42.0 Å². The first-order chi connectivity index (χ1) is 9.01. The Morgan fingerprint density at radius 2 is 1.76 bits per heavy atom. The fourth-order valence-electron chi connectivity index (χ4n) is 2.83. The highest BCUT2D eigenvalue weighted by Gasteiger charge is 2.37. The largest absolute Gasteiger partial charge is 0.352 e. The molecule has 1 aliphatic rings. The lowest BCUT2D eigenvalue weighted by Gasteiger charge is -2.25. The SMILES string of the molecule is CCN(CC)CCCC(C)NC(=O)C1(N)CCCC1.Cl.Cl. The summed E-state index contributed by atoms with van der Waals surface area (Å²) >= 11 is 0. The van der Waals surface area contributed by atoms with Gasteiger partial charge in [0.2, 0.25) is 5.91 Å². The van der Waals surface area contributed by atoms with E-state index in [1.165, 1.54) is 0 Å². The van der Waals surface area contributed by atoms with Crippen LogP contribution in [0.2, 0.25) is 0 Å². The van der Waals surface area contributed by atoms with Gasteiger partial charge in [0.05, 0.1) is 5.54 Å². The van der Waals surface area contributed by atoms with Crippen molar-refractivity contribution < 1.29 is 4.79 Å². The van der Waals surface area contributed by atoms with Gasteiger partial charge in [0.1, 0.15) is 0 Å². The van der Waals surface area contributed by atoms with E-state index in [2.05, 4.69) is 31.0 Å². The molecule has 21 heavy (non-hydrogen) atoms. The van der Waals surface area contributed by atoms with Gasteiger partial charge in [-0.25, -0.2) is 0 Å². The van der Waals surface area contributed by atoms with Crippen LogP contribution < -0.4 is 11.1 Å². The minimum Gasteiger partial charge on any atom is -0.352 e. The van der Waals surface area contributed by atoms with Crippen molar-refractivity contribution in [2.45, 2.75) is 70.9 Å². The van der Waals surface area contributed by atoms with Gasteiger partial charge in [-0.3, -0.25) is 4.79 Å². The van der Waals surface area contributed by atoms with Crippen molar-refractivity contribution in [2.75, 3.05) is 19.6 Å². The van der Waals surface area contributed by atoms with Gasteiger partial charge < -0.3 is 16.0 Å². The molecule has 0 radical (unpaired) electrons. The lowest BCUT2D eigenvalue weighted by molar-refractivity contribution is -0.126. The van der Waals surface area contributed by atoms with Crippen LogP contribution >= 0.6 is 24.8 Å². The summed E-state index contributed by atoms with van der Waals surface area (Å²) in [7, 11) is 0. The van der Waals surface area contributed by atoms with Gasteiger partial charge in [-0.2, -0.15) is 0 Å². The minimum atomic E-state index is -0.590. The Bertz CT molecular complexity index is 280. The molecular formula is C15H33Cl2N3O. The van der Waals surface area contributed by atoms with Crippen LogP contribution in [0.1, 0.15) is 59.3 Å². The second-order valence-corrected chi connectivity index (χ2v) is 5.91. The Hall–Kier alpha value is -0.0300. The maximum absolute atomic E-state index is 12.1. The highest BCUT2D eigenvalue weighted by molar-refractivity contribution is 5.86. The monoisotopic (exact) mass is 341 g/mol. The number of carbonyl (C=O) groups excluding carboxylic acids is 1. The van der Waals surface area contributed by atoms with Crippen molar-refractivity contribution in [1.82, 2.24) is 10.2 Å². The molecule has 1 rings (SSSR count). The van der Waals surface area contributed by atoms with Crippen LogP contribution in [0.25, 0.3) is 0 Å². The number of halogens is 2. The predicted octanol–water partition coefficient (Wildman–Crippen LogP) is 2.73. The van der Waals surface area contributed by atoms with Crippen molar-refractivity contribution >= 4 is 30.7 Å². The number of nitrogens with one attached hydrogen (secondary N) is 1. The number of nitrogens with zero attached hydrogens (tertiary/aromatic N) is 1. The van der Waals surface area contributed by atoms with Crippen molar-refractivity contribution in [3.05, 3.63) is 0 Å². The molecule has 0 heterocycles. The van der Waals surface area contributed by atoms with Gasteiger partial charge in [-0.05, 0) is 52.2 Å². The highest BCUT2D eigenvalue weighted by atomic mass is 35.5. The first kappa shape index (κ1) is 23.2. The molecule has 1 saturated carbocycles. The van der Waals surface area contributed by atoms with E-state index in [0.29, 0.717) is 0 Å². The molecule has 1 unspecified atom stereocenters. The van der Waals surface area contributed by atoms with Crippen LogP contribution in [0.3, 0.4) is 0 Å². The maximum Gasteiger partial charge on any atom is 0.240 e. The van der Waals surface area contributed by atoms with Gasteiger partial charge in [-0.15, -0.1) is 24.8 Å². The number of amides is 1. The Balaban J connectivity index is 0. The predicted molar refractivity (Wildman–Crippen MR) is 94.5 cm³/mol. The Morgan fingerprint density at radius 3 is 2.24 bits per heavy atom. The number of nitrogens with two attached hydrogens (primary N) is 1. The van der Waals surface area contributed by atoms with Gasteiger partial charge in [0.25, 0.3) is 0 Å². The first-order valence-corrected chi connectivity index (χ1v) is 7.84.